The van der Waals surface area contributed by atoms with Crippen molar-refractivity contribution in [2.75, 3.05) is 20.2 Å². The van der Waals surface area contributed by atoms with Crippen LogP contribution in [-0.2, 0) is 9.53 Å². The molecule has 0 saturated carbocycles. The molecule has 0 unspecified atom stereocenters. The molecule has 1 aliphatic rings. The van der Waals surface area contributed by atoms with Crippen LogP contribution in [0, 0.1) is 5.92 Å². The lowest BCUT2D eigenvalue weighted by Crippen LogP contribution is -2.39. The summed E-state index contributed by atoms with van der Waals surface area (Å²) >= 11 is 0. The van der Waals surface area contributed by atoms with Crippen LogP contribution in [0.5, 0.6) is 0 Å². The minimum atomic E-state index is -0.451. The van der Waals surface area contributed by atoms with Gasteiger partial charge in [-0.05, 0) is 30.0 Å². The summed E-state index contributed by atoms with van der Waals surface area (Å²) in [6, 6.07) is 5.62. The fourth-order valence-electron chi connectivity index (χ4n) is 3.27. The first-order valence-electron chi connectivity index (χ1n) is 7.30. The van der Waals surface area contributed by atoms with Gasteiger partial charge in [0, 0.05) is 24.7 Å². The molecule has 0 aliphatic carbocycles. The molecule has 4 N–H and O–H groups in total. The quantitative estimate of drug-likeness (QED) is 0.740. The molecule has 116 valence electrons. The first-order valence-corrected chi connectivity index (χ1v) is 7.30. The van der Waals surface area contributed by atoms with Gasteiger partial charge in [0.25, 0.3) is 5.91 Å². The number of hydrogen-bond acceptors (Lipinski definition) is 4. The van der Waals surface area contributed by atoms with E-state index in [1.54, 1.807) is 12.3 Å². The highest BCUT2D eigenvalue weighted by Crippen LogP contribution is 2.33. The third-order valence-electron chi connectivity index (χ3n) is 4.35. The number of ether oxygens (including phenoxy) is 1. The van der Waals surface area contributed by atoms with Crippen LogP contribution in [0.1, 0.15) is 28.3 Å². The average Bonchev–Trinajstić information content (AvgIpc) is 3.02. The van der Waals surface area contributed by atoms with Crippen molar-refractivity contribution in [2.24, 2.45) is 11.7 Å². The van der Waals surface area contributed by atoms with E-state index >= 15 is 0 Å². The zero-order chi connectivity index (χ0) is 15.7. The number of benzene rings is 1. The van der Waals surface area contributed by atoms with E-state index in [1.807, 2.05) is 12.1 Å². The van der Waals surface area contributed by atoms with Gasteiger partial charge in [-0.3, -0.25) is 9.59 Å². The molecule has 6 nitrogen and oxygen atoms in total. The van der Waals surface area contributed by atoms with Crippen LogP contribution in [0.15, 0.2) is 24.4 Å². The zero-order valence-corrected chi connectivity index (χ0v) is 12.4. The number of hydrogen-bond donors (Lipinski definition) is 3. The van der Waals surface area contributed by atoms with Crippen LogP contribution in [0.2, 0.25) is 0 Å². The number of amides is 1. The molecular weight excluding hydrogens is 282 g/mol. The number of esters is 1. The van der Waals surface area contributed by atoms with E-state index in [-0.39, 0.29) is 17.8 Å². The first-order chi connectivity index (χ1) is 10.6. The summed E-state index contributed by atoms with van der Waals surface area (Å²) in [5.41, 5.74) is 7.77. The number of rotatable bonds is 3. The second kappa shape index (κ2) is 5.81. The van der Waals surface area contributed by atoms with Gasteiger partial charge < -0.3 is 20.8 Å². The Balaban J connectivity index is 1.96. The molecule has 6 heteroatoms. The van der Waals surface area contributed by atoms with Gasteiger partial charge in [-0.15, -0.1) is 0 Å². The van der Waals surface area contributed by atoms with Crippen molar-refractivity contribution in [3.63, 3.8) is 0 Å². The van der Waals surface area contributed by atoms with Gasteiger partial charge in [0.1, 0.15) is 0 Å². The van der Waals surface area contributed by atoms with E-state index in [4.69, 9.17) is 10.5 Å². The van der Waals surface area contributed by atoms with Crippen LogP contribution in [0.25, 0.3) is 10.9 Å². The Hall–Kier alpha value is -2.34. The van der Waals surface area contributed by atoms with Gasteiger partial charge in [0.05, 0.1) is 24.1 Å². The number of aromatic amines is 1. The molecule has 2 atom stereocenters. The van der Waals surface area contributed by atoms with E-state index < -0.39 is 5.91 Å². The highest BCUT2D eigenvalue weighted by Gasteiger charge is 2.29. The number of fused-ring (bicyclic) bond motifs is 1. The number of piperidine rings is 1. The summed E-state index contributed by atoms with van der Waals surface area (Å²) < 4.78 is 4.85. The molecule has 1 aromatic carbocycles. The molecule has 1 aromatic heterocycles. The fraction of sp³-hybridized carbons (Fsp3) is 0.375. The Labute approximate surface area is 128 Å². The predicted molar refractivity (Wildman–Crippen MR) is 82.6 cm³/mol. The molecule has 2 aromatic rings. The van der Waals surface area contributed by atoms with E-state index in [0.29, 0.717) is 12.1 Å². The van der Waals surface area contributed by atoms with E-state index in [0.717, 1.165) is 29.4 Å². The summed E-state index contributed by atoms with van der Waals surface area (Å²) in [5.74, 6) is -0.587. The summed E-state index contributed by atoms with van der Waals surface area (Å²) in [6.45, 7) is 1.43. The van der Waals surface area contributed by atoms with Crippen molar-refractivity contribution < 1.29 is 14.3 Å². The first kappa shape index (κ1) is 14.6. The number of nitrogens with two attached hydrogens (primary N) is 1. The third-order valence-corrected chi connectivity index (χ3v) is 4.35. The van der Waals surface area contributed by atoms with Crippen molar-refractivity contribution in [3.05, 3.63) is 35.5 Å². The summed E-state index contributed by atoms with van der Waals surface area (Å²) in [4.78, 5) is 26.4. The monoisotopic (exact) mass is 301 g/mol. The molecule has 0 spiro atoms. The number of methoxy groups -OCH3 is 1. The van der Waals surface area contributed by atoms with Crippen molar-refractivity contribution in [1.82, 2.24) is 10.3 Å². The van der Waals surface area contributed by atoms with Crippen molar-refractivity contribution in [2.45, 2.75) is 12.3 Å². The maximum atomic E-state index is 11.8. The second-order valence-electron chi connectivity index (χ2n) is 5.64. The van der Waals surface area contributed by atoms with Crippen LogP contribution >= 0.6 is 0 Å². The average molecular weight is 301 g/mol. The largest absolute Gasteiger partial charge is 0.469 e. The predicted octanol–water partition coefficient (Wildman–Crippen LogP) is 1.13. The normalized spacial score (nSPS) is 21.7. The number of carbonyl (C=O) groups excluding carboxylic acids is 2. The van der Waals surface area contributed by atoms with E-state index in [9.17, 15) is 9.59 Å². The van der Waals surface area contributed by atoms with Crippen LogP contribution in [-0.4, -0.2) is 37.1 Å². The third kappa shape index (κ3) is 2.46. The molecule has 22 heavy (non-hydrogen) atoms. The lowest BCUT2D eigenvalue weighted by atomic mass is 9.83. The number of H-pyrrole nitrogens is 1. The van der Waals surface area contributed by atoms with Gasteiger partial charge in [0.15, 0.2) is 0 Å². The molecule has 1 aliphatic heterocycles. The number of primary amides is 1. The molecular formula is C16H19N3O3. The van der Waals surface area contributed by atoms with Crippen molar-refractivity contribution in [1.29, 1.82) is 0 Å². The molecule has 3 rings (SSSR count). The topological polar surface area (TPSA) is 97.2 Å². The maximum absolute atomic E-state index is 11.8. The smallest absolute Gasteiger partial charge is 0.309 e. The van der Waals surface area contributed by atoms with E-state index in [1.165, 1.54) is 7.11 Å². The fourth-order valence-corrected chi connectivity index (χ4v) is 3.27. The van der Waals surface area contributed by atoms with E-state index in [2.05, 4.69) is 10.3 Å². The number of aromatic nitrogens is 1. The van der Waals surface area contributed by atoms with Crippen molar-refractivity contribution >= 4 is 22.8 Å². The van der Waals surface area contributed by atoms with Gasteiger partial charge in [-0.25, -0.2) is 0 Å². The van der Waals surface area contributed by atoms with Crippen LogP contribution in [0.4, 0.5) is 0 Å². The summed E-state index contributed by atoms with van der Waals surface area (Å²) in [5, 5.41) is 4.27. The second-order valence-corrected chi connectivity index (χ2v) is 5.64. The minimum Gasteiger partial charge on any atom is -0.469 e. The van der Waals surface area contributed by atoms with Crippen molar-refractivity contribution in [3.8, 4) is 0 Å². The molecule has 2 heterocycles. The molecule has 1 amide bonds. The Kier molecular flexibility index (Phi) is 3.85. The Morgan fingerprint density at radius 2 is 2.09 bits per heavy atom. The van der Waals surface area contributed by atoms with Gasteiger partial charge in [-0.1, -0.05) is 6.07 Å². The highest BCUT2D eigenvalue weighted by atomic mass is 16.5. The molecule has 1 saturated heterocycles. The van der Waals surface area contributed by atoms with Gasteiger partial charge >= 0.3 is 5.97 Å². The van der Waals surface area contributed by atoms with Crippen LogP contribution in [0.3, 0.4) is 0 Å². The molecule has 1 fully saturated rings. The minimum absolute atomic E-state index is 0.145. The Bertz CT molecular complexity index is 722. The lowest BCUT2D eigenvalue weighted by Gasteiger charge is -2.29. The highest BCUT2D eigenvalue weighted by molar-refractivity contribution is 6.05. The summed E-state index contributed by atoms with van der Waals surface area (Å²) in [6.07, 6.45) is 2.53. The van der Waals surface area contributed by atoms with Crippen LogP contribution < -0.4 is 11.1 Å². The molecule has 0 radical (unpaired) electrons. The lowest BCUT2D eigenvalue weighted by molar-refractivity contribution is -0.146. The zero-order valence-electron chi connectivity index (χ0n) is 12.4. The summed E-state index contributed by atoms with van der Waals surface area (Å²) in [7, 11) is 1.41. The number of carbonyl (C=O) groups is 2. The standard InChI is InChI=1S/C16H19N3O3/c1-22-16(21)10-6-9(7-18-8-10)11-2-3-13(15(17)20)14-12(11)4-5-19-14/h2-5,9-10,18-19H,6-8H2,1H3,(H2,17,20)/t9-,10+/m1/s1. The Morgan fingerprint density at radius 1 is 1.27 bits per heavy atom. The Morgan fingerprint density at radius 3 is 2.82 bits per heavy atom. The number of nitrogens with one attached hydrogen (secondary N) is 2. The maximum Gasteiger partial charge on any atom is 0.309 e. The van der Waals surface area contributed by atoms with Gasteiger partial charge in [-0.2, -0.15) is 0 Å². The SMILES string of the molecule is COC(=O)[C@@H]1CNC[C@H](c2ccc(C(N)=O)c3[nH]ccc23)C1. The molecule has 0 bridgehead atoms. The van der Waals surface area contributed by atoms with Gasteiger partial charge in [0.2, 0.25) is 0 Å².